The Morgan fingerprint density at radius 3 is 2.48 bits per heavy atom. The second-order valence-electron chi connectivity index (χ2n) is 5.05. The summed E-state index contributed by atoms with van der Waals surface area (Å²) in [5, 5.41) is 0.484. The highest BCUT2D eigenvalue weighted by Gasteiger charge is 2.28. The molecule has 3 rings (SSSR count). The van der Waals surface area contributed by atoms with Crippen molar-refractivity contribution < 1.29 is 18.3 Å². The van der Waals surface area contributed by atoms with Crippen LogP contribution in [0.2, 0.25) is 5.02 Å². The van der Waals surface area contributed by atoms with Gasteiger partial charge in [0.05, 0.1) is 5.57 Å². The zero-order chi connectivity index (χ0) is 16.4. The van der Waals surface area contributed by atoms with E-state index in [1.54, 1.807) is 42.5 Å². The van der Waals surface area contributed by atoms with E-state index in [2.05, 4.69) is 0 Å². The van der Waals surface area contributed by atoms with Crippen molar-refractivity contribution >= 4 is 39.8 Å². The van der Waals surface area contributed by atoms with Crippen LogP contribution in [0.4, 0.5) is 0 Å². The van der Waals surface area contributed by atoms with Crippen LogP contribution in [0.3, 0.4) is 0 Å². The van der Waals surface area contributed by atoms with Crippen LogP contribution < -0.4 is 0 Å². The number of hydrogen-bond donors (Lipinski definition) is 0. The van der Waals surface area contributed by atoms with Crippen LogP contribution in [0.25, 0.3) is 11.1 Å². The fourth-order valence-electron chi connectivity index (χ4n) is 2.51. The first-order chi connectivity index (χ1) is 11.1. The Morgan fingerprint density at radius 2 is 1.83 bits per heavy atom. The zero-order valence-corrected chi connectivity index (χ0v) is 13.5. The first kappa shape index (κ1) is 15.9. The normalized spacial score (nSPS) is 15.7. The van der Waals surface area contributed by atoms with Crippen molar-refractivity contribution in [3.8, 4) is 0 Å². The van der Waals surface area contributed by atoms with Gasteiger partial charge in [0.2, 0.25) is 0 Å². The van der Waals surface area contributed by atoms with Crippen molar-refractivity contribution in [1.29, 1.82) is 0 Å². The van der Waals surface area contributed by atoms with Gasteiger partial charge in [-0.2, -0.15) is 0 Å². The SMILES string of the molecule is O=C1OCC(c2ccc(CS(=O)[O-])cc2)=C1c1ccccc1Cl. The molecule has 118 valence electrons. The number of hydrogen-bond acceptors (Lipinski definition) is 4. The molecule has 0 saturated heterocycles. The van der Waals surface area contributed by atoms with Crippen molar-refractivity contribution in [2.45, 2.75) is 5.75 Å². The molecule has 1 unspecified atom stereocenters. The Kier molecular flexibility index (Phi) is 4.61. The molecule has 4 nitrogen and oxygen atoms in total. The van der Waals surface area contributed by atoms with E-state index in [1.807, 2.05) is 6.07 Å². The maximum absolute atomic E-state index is 12.1. The molecule has 2 aromatic rings. The summed E-state index contributed by atoms with van der Waals surface area (Å²) in [6, 6.07) is 14.1. The Balaban J connectivity index is 2.04. The molecule has 1 heterocycles. The summed E-state index contributed by atoms with van der Waals surface area (Å²) >= 11 is 4.07. The lowest BCUT2D eigenvalue weighted by Crippen LogP contribution is -1.99. The molecule has 1 atom stereocenters. The summed E-state index contributed by atoms with van der Waals surface area (Å²) in [4.78, 5) is 12.1. The standard InChI is InChI=1S/C17H13ClO4S/c18-15-4-2-1-3-13(15)16-14(9-22-17(16)19)12-7-5-11(6-8-12)10-23(20)21/h1-8H,9-10H2,(H,20,21)/p-1. The third-order valence-electron chi connectivity index (χ3n) is 3.58. The summed E-state index contributed by atoms with van der Waals surface area (Å²) in [5.74, 6) is -0.440. The lowest BCUT2D eigenvalue weighted by atomic mass is 9.96. The first-order valence-electron chi connectivity index (χ1n) is 6.86. The smallest absolute Gasteiger partial charge is 0.339 e. The van der Waals surface area contributed by atoms with Crippen LogP contribution in [-0.4, -0.2) is 21.3 Å². The molecule has 0 fully saturated rings. The van der Waals surface area contributed by atoms with E-state index in [9.17, 15) is 13.6 Å². The van der Waals surface area contributed by atoms with Gasteiger partial charge in [0.15, 0.2) is 0 Å². The van der Waals surface area contributed by atoms with Crippen LogP contribution in [-0.2, 0) is 26.4 Å². The molecular weight excluding hydrogens is 336 g/mol. The van der Waals surface area contributed by atoms with Crippen LogP contribution >= 0.6 is 11.6 Å². The molecule has 0 bridgehead atoms. The number of esters is 1. The molecule has 0 radical (unpaired) electrons. The Morgan fingerprint density at radius 1 is 1.13 bits per heavy atom. The molecule has 0 aliphatic carbocycles. The monoisotopic (exact) mass is 347 g/mol. The van der Waals surface area contributed by atoms with Gasteiger partial charge in [0, 0.05) is 21.9 Å². The largest absolute Gasteiger partial charge is 0.772 e. The second kappa shape index (κ2) is 6.66. The molecular formula is C17H12ClO4S-. The summed E-state index contributed by atoms with van der Waals surface area (Å²) in [6.45, 7) is 0.173. The molecule has 0 amide bonds. The number of benzene rings is 2. The first-order valence-corrected chi connectivity index (χ1v) is 8.49. The summed E-state index contributed by atoms with van der Waals surface area (Å²) in [6.07, 6.45) is 0. The third kappa shape index (κ3) is 3.37. The Bertz CT molecular complexity index is 812. The zero-order valence-electron chi connectivity index (χ0n) is 12.0. The van der Waals surface area contributed by atoms with Gasteiger partial charge in [0.25, 0.3) is 0 Å². The summed E-state index contributed by atoms with van der Waals surface area (Å²) in [7, 11) is 0. The molecule has 0 aromatic heterocycles. The van der Waals surface area contributed by atoms with Crippen molar-refractivity contribution in [1.82, 2.24) is 0 Å². The van der Waals surface area contributed by atoms with Gasteiger partial charge in [-0.05, 0) is 17.2 Å². The quantitative estimate of drug-likeness (QED) is 0.629. The predicted molar refractivity (Wildman–Crippen MR) is 88.3 cm³/mol. The number of carbonyl (C=O) groups is 1. The molecule has 0 spiro atoms. The van der Waals surface area contributed by atoms with Gasteiger partial charge in [-0.1, -0.05) is 65.1 Å². The highest BCUT2D eigenvalue weighted by molar-refractivity contribution is 7.78. The van der Waals surface area contributed by atoms with E-state index in [4.69, 9.17) is 16.3 Å². The fraction of sp³-hybridized carbons (Fsp3) is 0.118. The maximum Gasteiger partial charge on any atom is 0.339 e. The van der Waals surface area contributed by atoms with Gasteiger partial charge in [-0.3, -0.25) is 4.21 Å². The Labute approximate surface area is 141 Å². The van der Waals surface area contributed by atoms with Crippen molar-refractivity contribution in [3.05, 3.63) is 70.2 Å². The fourth-order valence-corrected chi connectivity index (χ4v) is 3.20. The number of carbonyl (C=O) groups excluding carboxylic acids is 1. The average molecular weight is 348 g/mol. The highest BCUT2D eigenvalue weighted by atomic mass is 35.5. The molecule has 0 saturated carbocycles. The third-order valence-corrected chi connectivity index (χ3v) is 4.48. The van der Waals surface area contributed by atoms with Gasteiger partial charge in [-0.25, -0.2) is 4.79 Å². The molecule has 1 aliphatic heterocycles. The average Bonchev–Trinajstić information content (AvgIpc) is 2.90. The minimum Gasteiger partial charge on any atom is -0.772 e. The summed E-state index contributed by atoms with van der Waals surface area (Å²) in [5.41, 5.74) is 3.34. The van der Waals surface area contributed by atoms with Crippen molar-refractivity contribution in [2.75, 3.05) is 6.61 Å². The van der Waals surface area contributed by atoms with E-state index in [0.29, 0.717) is 21.7 Å². The molecule has 2 aromatic carbocycles. The highest BCUT2D eigenvalue weighted by Crippen LogP contribution is 2.36. The predicted octanol–water partition coefficient (Wildman–Crippen LogP) is 3.19. The lowest BCUT2D eigenvalue weighted by Gasteiger charge is -2.08. The van der Waals surface area contributed by atoms with Crippen LogP contribution in [0.1, 0.15) is 16.7 Å². The Hall–Kier alpha value is -1.95. The number of rotatable bonds is 4. The van der Waals surface area contributed by atoms with E-state index in [-0.39, 0.29) is 12.4 Å². The van der Waals surface area contributed by atoms with E-state index in [1.165, 1.54) is 0 Å². The maximum atomic E-state index is 12.1. The van der Waals surface area contributed by atoms with Gasteiger partial charge in [0.1, 0.15) is 6.61 Å². The van der Waals surface area contributed by atoms with E-state index >= 15 is 0 Å². The molecule has 0 N–H and O–H groups in total. The number of ether oxygens (including phenoxy) is 1. The molecule has 1 aliphatic rings. The second-order valence-corrected chi connectivity index (χ2v) is 6.36. The van der Waals surface area contributed by atoms with Crippen molar-refractivity contribution in [2.24, 2.45) is 0 Å². The van der Waals surface area contributed by atoms with Gasteiger partial charge >= 0.3 is 5.97 Å². The van der Waals surface area contributed by atoms with Gasteiger partial charge < -0.3 is 9.29 Å². The molecule has 6 heteroatoms. The van der Waals surface area contributed by atoms with E-state index < -0.39 is 17.0 Å². The molecule has 23 heavy (non-hydrogen) atoms. The number of cyclic esters (lactones) is 1. The topological polar surface area (TPSA) is 66.4 Å². The number of halogens is 1. The van der Waals surface area contributed by atoms with Crippen LogP contribution in [0.5, 0.6) is 0 Å². The van der Waals surface area contributed by atoms with Crippen LogP contribution in [0, 0.1) is 0 Å². The lowest BCUT2D eigenvalue weighted by molar-refractivity contribution is -0.133. The van der Waals surface area contributed by atoms with Crippen molar-refractivity contribution in [3.63, 3.8) is 0 Å². The van der Waals surface area contributed by atoms with Gasteiger partial charge in [-0.15, -0.1) is 0 Å². The van der Waals surface area contributed by atoms with Crippen LogP contribution in [0.15, 0.2) is 48.5 Å². The summed E-state index contributed by atoms with van der Waals surface area (Å²) < 4.78 is 26.6. The van der Waals surface area contributed by atoms with E-state index in [0.717, 1.165) is 11.1 Å². The minimum absolute atomic E-state index is 0.0356. The minimum atomic E-state index is -2.13.